The molecule has 0 saturated heterocycles. The second-order valence-electron chi connectivity index (χ2n) is 3.92. The molecule has 0 unspecified atom stereocenters. The summed E-state index contributed by atoms with van der Waals surface area (Å²) >= 11 is 9.40. The zero-order valence-corrected chi connectivity index (χ0v) is 12.6. The van der Waals surface area contributed by atoms with Crippen LogP contribution in [0.4, 0.5) is 0 Å². The quantitative estimate of drug-likeness (QED) is 0.787. The van der Waals surface area contributed by atoms with Crippen LogP contribution in [0, 0.1) is 0 Å². The van der Waals surface area contributed by atoms with Gasteiger partial charge in [-0.15, -0.1) is 0 Å². The highest BCUT2D eigenvalue weighted by Crippen LogP contribution is 2.32. The Bertz CT molecular complexity index is 668. The van der Waals surface area contributed by atoms with E-state index in [0.29, 0.717) is 16.5 Å². The molecule has 0 fully saturated rings. The van der Waals surface area contributed by atoms with Crippen molar-refractivity contribution in [2.24, 2.45) is 0 Å². The predicted molar refractivity (Wildman–Crippen MR) is 82.3 cm³/mol. The van der Waals surface area contributed by atoms with Gasteiger partial charge < -0.3 is 9.84 Å². The number of hydrogen-bond acceptors (Lipinski definition) is 2. The number of carbonyl (C=O) groups is 1. The molecule has 0 spiro atoms. The first-order valence-corrected chi connectivity index (χ1v) is 6.85. The van der Waals surface area contributed by atoms with Gasteiger partial charge in [0.15, 0.2) is 0 Å². The molecule has 0 aliphatic heterocycles. The van der Waals surface area contributed by atoms with Crippen molar-refractivity contribution in [3.05, 3.63) is 63.6 Å². The van der Waals surface area contributed by atoms with Crippen LogP contribution >= 0.6 is 27.5 Å². The predicted octanol–water partition coefficient (Wildman–Crippen LogP) is 4.99. The van der Waals surface area contributed by atoms with E-state index < -0.39 is 5.97 Å². The van der Waals surface area contributed by atoms with Crippen molar-refractivity contribution in [2.45, 2.75) is 0 Å². The Morgan fingerprint density at radius 3 is 2.80 bits per heavy atom. The van der Waals surface area contributed by atoms with Crippen molar-refractivity contribution in [3.63, 3.8) is 0 Å². The fourth-order valence-electron chi connectivity index (χ4n) is 1.53. The zero-order chi connectivity index (χ0) is 14.5. The lowest BCUT2D eigenvalue weighted by Gasteiger charge is -2.08. The molecule has 0 radical (unpaired) electrons. The van der Waals surface area contributed by atoms with Crippen LogP contribution in [0.3, 0.4) is 0 Å². The summed E-state index contributed by atoms with van der Waals surface area (Å²) in [6.45, 7) is 0. The van der Waals surface area contributed by atoms with E-state index in [1.165, 1.54) is 6.08 Å². The van der Waals surface area contributed by atoms with Gasteiger partial charge in [-0.1, -0.05) is 39.7 Å². The van der Waals surface area contributed by atoms with E-state index in [9.17, 15) is 4.79 Å². The first-order chi connectivity index (χ1) is 9.54. The van der Waals surface area contributed by atoms with Gasteiger partial charge in [0.25, 0.3) is 0 Å². The molecule has 0 aromatic heterocycles. The number of carboxylic acid groups (broad SMARTS) is 1. The molecule has 2 aromatic rings. The Morgan fingerprint density at radius 2 is 2.05 bits per heavy atom. The van der Waals surface area contributed by atoms with E-state index in [-0.39, 0.29) is 0 Å². The second kappa shape index (κ2) is 6.59. The van der Waals surface area contributed by atoms with Crippen molar-refractivity contribution < 1.29 is 14.6 Å². The monoisotopic (exact) mass is 352 g/mol. The normalized spacial score (nSPS) is 10.7. The van der Waals surface area contributed by atoms with Crippen LogP contribution in [0.1, 0.15) is 5.56 Å². The number of halogens is 2. The first-order valence-electron chi connectivity index (χ1n) is 5.68. The Labute approximate surface area is 129 Å². The average Bonchev–Trinajstić information content (AvgIpc) is 2.41. The topological polar surface area (TPSA) is 46.5 Å². The van der Waals surface area contributed by atoms with E-state index in [2.05, 4.69) is 15.9 Å². The summed E-state index contributed by atoms with van der Waals surface area (Å²) in [4.78, 5) is 10.5. The van der Waals surface area contributed by atoms with E-state index in [0.717, 1.165) is 16.1 Å². The van der Waals surface area contributed by atoms with E-state index in [1.54, 1.807) is 36.4 Å². The molecule has 0 aliphatic rings. The van der Waals surface area contributed by atoms with Gasteiger partial charge in [-0.2, -0.15) is 0 Å². The molecule has 0 aliphatic carbocycles. The lowest BCUT2D eigenvalue weighted by Crippen LogP contribution is -1.87. The molecule has 20 heavy (non-hydrogen) atoms. The number of carboxylic acids is 1. The molecule has 0 heterocycles. The minimum Gasteiger partial charge on any atom is -0.478 e. The van der Waals surface area contributed by atoms with Crippen molar-refractivity contribution in [2.75, 3.05) is 0 Å². The summed E-state index contributed by atoms with van der Waals surface area (Å²) in [5.41, 5.74) is 0.732. The summed E-state index contributed by atoms with van der Waals surface area (Å²) < 4.78 is 6.55. The van der Waals surface area contributed by atoms with Crippen molar-refractivity contribution in [3.8, 4) is 11.5 Å². The number of benzene rings is 2. The summed E-state index contributed by atoms with van der Waals surface area (Å²) in [6.07, 6.45) is 2.57. The van der Waals surface area contributed by atoms with Gasteiger partial charge in [0.05, 0.1) is 5.02 Å². The summed E-state index contributed by atoms with van der Waals surface area (Å²) in [5, 5.41) is 9.11. The molecule has 2 aromatic carbocycles. The number of ether oxygens (including phenoxy) is 1. The lowest BCUT2D eigenvalue weighted by atomic mass is 10.2. The van der Waals surface area contributed by atoms with Gasteiger partial charge >= 0.3 is 5.97 Å². The van der Waals surface area contributed by atoms with Gasteiger partial charge in [0.2, 0.25) is 0 Å². The van der Waals surface area contributed by atoms with E-state index in [4.69, 9.17) is 21.4 Å². The van der Waals surface area contributed by atoms with Gasteiger partial charge in [0.1, 0.15) is 11.5 Å². The van der Waals surface area contributed by atoms with Gasteiger partial charge in [-0.25, -0.2) is 4.79 Å². The van der Waals surface area contributed by atoms with Crippen molar-refractivity contribution in [1.82, 2.24) is 0 Å². The smallest absolute Gasteiger partial charge is 0.328 e. The average molecular weight is 354 g/mol. The summed E-state index contributed by atoms with van der Waals surface area (Å²) in [7, 11) is 0. The third kappa shape index (κ3) is 4.11. The Hall–Kier alpha value is -1.78. The molecule has 2 rings (SSSR count). The lowest BCUT2D eigenvalue weighted by molar-refractivity contribution is -0.131. The van der Waals surface area contributed by atoms with Gasteiger partial charge in [-0.3, -0.25) is 0 Å². The largest absolute Gasteiger partial charge is 0.478 e. The fraction of sp³-hybridized carbons (Fsp3) is 0. The van der Waals surface area contributed by atoms with Crippen LogP contribution in [-0.2, 0) is 4.79 Å². The Morgan fingerprint density at radius 1 is 1.25 bits per heavy atom. The standard InChI is InChI=1S/C15H10BrClO3/c16-11-5-6-13(17)14(9-11)20-12-3-1-2-10(8-12)4-7-15(18)19/h1-9H,(H,18,19). The van der Waals surface area contributed by atoms with Crippen LogP contribution in [-0.4, -0.2) is 11.1 Å². The van der Waals surface area contributed by atoms with Crippen LogP contribution in [0.15, 0.2) is 53.0 Å². The molecule has 3 nitrogen and oxygen atoms in total. The molecule has 0 bridgehead atoms. The highest BCUT2D eigenvalue weighted by atomic mass is 79.9. The minimum absolute atomic E-state index is 0.500. The van der Waals surface area contributed by atoms with Crippen LogP contribution in [0.2, 0.25) is 5.02 Å². The molecular formula is C15H10BrClO3. The van der Waals surface area contributed by atoms with Crippen LogP contribution in [0.5, 0.6) is 11.5 Å². The highest BCUT2D eigenvalue weighted by Gasteiger charge is 2.04. The maximum Gasteiger partial charge on any atom is 0.328 e. The minimum atomic E-state index is -0.994. The maximum absolute atomic E-state index is 10.5. The molecule has 5 heteroatoms. The summed E-state index contributed by atoms with van der Waals surface area (Å²) in [6, 6.07) is 12.4. The third-order valence-corrected chi connectivity index (χ3v) is 3.20. The van der Waals surface area contributed by atoms with Crippen molar-refractivity contribution >= 4 is 39.6 Å². The third-order valence-electron chi connectivity index (χ3n) is 2.40. The molecule has 1 N–H and O–H groups in total. The number of rotatable bonds is 4. The molecular weight excluding hydrogens is 344 g/mol. The zero-order valence-electron chi connectivity index (χ0n) is 10.2. The SMILES string of the molecule is O=C(O)C=Cc1cccc(Oc2cc(Br)ccc2Cl)c1. The van der Waals surface area contributed by atoms with Gasteiger partial charge in [-0.05, 0) is 42.0 Å². The van der Waals surface area contributed by atoms with E-state index in [1.807, 2.05) is 6.07 Å². The maximum atomic E-state index is 10.5. The number of aliphatic carboxylic acids is 1. The molecule has 0 amide bonds. The first kappa shape index (κ1) is 14.6. The Balaban J connectivity index is 2.23. The molecule has 102 valence electrons. The van der Waals surface area contributed by atoms with Crippen LogP contribution in [0.25, 0.3) is 6.08 Å². The highest BCUT2D eigenvalue weighted by molar-refractivity contribution is 9.10. The Kier molecular flexibility index (Phi) is 4.82. The molecule has 0 saturated carbocycles. The fourth-order valence-corrected chi connectivity index (χ4v) is 2.03. The van der Waals surface area contributed by atoms with E-state index >= 15 is 0 Å². The van der Waals surface area contributed by atoms with Crippen molar-refractivity contribution in [1.29, 1.82) is 0 Å². The second-order valence-corrected chi connectivity index (χ2v) is 5.24. The van der Waals surface area contributed by atoms with Crippen LogP contribution < -0.4 is 4.74 Å². The molecule has 0 atom stereocenters. The van der Waals surface area contributed by atoms with Gasteiger partial charge in [0, 0.05) is 10.5 Å². The summed E-state index contributed by atoms with van der Waals surface area (Å²) in [5.74, 6) is 0.115. The number of hydrogen-bond donors (Lipinski definition) is 1.